The van der Waals surface area contributed by atoms with Gasteiger partial charge in [-0.1, -0.05) is 20.3 Å². The molecule has 5 nitrogen and oxygen atoms in total. The Bertz CT molecular complexity index is 357. The molecule has 0 radical (unpaired) electrons. The van der Waals surface area contributed by atoms with Crippen LogP contribution in [0.15, 0.2) is 0 Å². The smallest absolute Gasteiger partial charge is 0.315 e. The summed E-state index contributed by atoms with van der Waals surface area (Å²) >= 11 is 0. The lowest BCUT2D eigenvalue weighted by molar-refractivity contribution is 0.128. The van der Waals surface area contributed by atoms with Gasteiger partial charge in [-0.2, -0.15) is 0 Å². The van der Waals surface area contributed by atoms with Crippen LogP contribution in [0, 0.1) is 5.41 Å². The Hall–Kier alpha value is -0.810. The third-order valence-electron chi connectivity index (χ3n) is 4.75. The summed E-state index contributed by atoms with van der Waals surface area (Å²) < 4.78 is 0. The number of hydrogen-bond acceptors (Lipinski definition) is 3. The van der Waals surface area contributed by atoms with Gasteiger partial charge in [-0.05, 0) is 44.6 Å². The molecule has 0 saturated carbocycles. The van der Waals surface area contributed by atoms with Crippen LogP contribution in [-0.4, -0.2) is 53.9 Å². The van der Waals surface area contributed by atoms with Gasteiger partial charge in [0.2, 0.25) is 0 Å². The first-order valence-corrected chi connectivity index (χ1v) is 8.34. The van der Waals surface area contributed by atoms with E-state index in [2.05, 4.69) is 29.4 Å². The molecule has 21 heavy (non-hydrogen) atoms. The van der Waals surface area contributed by atoms with Crippen molar-refractivity contribution in [2.24, 2.45) is 5.41 Å². The molecule has 3 atom stereocenters. The summed E-state index contributed by atoms with van der Waals surface area (Å²) in [4.78, 5) is 14.6. The van der Waals surface area contributed by atoms with E-state index in [9.17, 15) is 9.90 Å². The maximum absolute atomic E-state index is 12.1. The van der Waals surface area contributed by atoms with E-state index in [1.165, 1.54) is 25.8 Å². The Morgan fingerprint density at radius 1 is 1.33 bits per heavy atom. The van der Waals surface area contributed by atoms with E-state index < -0.39 is 0 Å². The minimum Gasteiger partial charge on any atom is -0.393 e. The van der Waals surface area contributed by atoms with Crippen LogP contribution in [0.4, 0.5) is 4.79 Å². The average Bonchev–Trinajstić information content (AvgIpc) is 2.79. The number of carbonyl (C=O) groups is 1. The van der Waals surface area contributed by atoms with E-state index in [-0.39, 0.29) is 17.6 Å². The first kappa shape index (κ1) is 16.6. The second-order valence-electron chi connectivity index (χ2n) is 7.54. The predicted octanol–water partition coefficient (Wildman–Crippen LogP) is 1.71. The molecule has 3 N–H and O–H groups in total. The number of fused-ring (bicyclic) bond motifs is 1. The van der Waals surface area contributed by atoms with Crippen LogP contribution in [0.2, 0.25) is 0 Å². The summed E-state index contributed by atoms with van der Waals surface area (Å²) in [6.07, 6.45) is 5.20. The van der Waals surface area contributed by atoms with Gasteiger partial charge in [0.05, 0.1) is 6.10 Å². The second-order valence-corrected chi connectivity index (χ2v) is 7.54. The number of aliphatic hydroxyl groups is 1. The molecular formula is C16H31N3O2. The van der Waals surface area contributed by atoms with Crippen LogP contribution < -0.4 is 10.6 Å². The first-order chi connectivity index (χ1) is 9.87. The van der Waals surface area contributed by atoms with Gasteiger partial charge in [0.25, 0.3) is 0 Å². The van der Waals surface area contributed by atoms with Crippen molar-refractivity contribution in [3.63, 3.8) is 0 Å². The molecule has 0 bridgehead atoms. The van der Waals surface area contributed by atoms with Gasteiger partial charge in [-0.15, -0.1) is 0 Å². The number of piperidine rings is 1. The van der Waals surface area contributed by atoms with Gasteiger partial charge in [-0.25, -0.2) is 4.79 Å². The topological polar surface area (TPSA) is 64.6 Å². The highest BCUT2D eigenvalue weighted by atomic mass is 16.3. The fraction of sp³-hybridized carbons (Fsp3) is 0.938. The van der Waals surface area contributed by atoms with E-state index in [4.69, 9.17) is 0 Å². The number of carbonyl (C=O) groups excluding carboxylic acids is 1. The quantitative estimate of drug-likeness (QED) is 0.724. The predicted molar refractivity (Wildman–Crippen MR) is 84.2 cm³/mol. The normalized spacial score (nSPS) is 28.0. The van der Waals surface area contributed by atoms with Crippen molar-refractivity contribution >= 4 is 6.03 Å². The summed E-state index contributed by atoms with van der Waals surface area (Å²) in [5.74, 6) is 0. The van der Waals surface area contributed by atoms with Crippen molar-refractivity contribution in [3.8, 4) is 0 Å². The molecule has 2 fully saturated rings. The van der Waals surface area contributed by atoms with Crippen LogP contribution in [0.25, 0.3) is 0 Å². The van der Waals surface area contributed by atoms with Gasteiger partial charge < -0.3 is 15.7 Å². The molecule has 2 heterocycles. The third-order valence-corrected chi connectivity index (χ3v) is 4.75. The Labute approximate surface area is 128 Å². The lowest BCUT2D eigenvalue weighted by Gasteiger charge is -2.33. The van der Waals surface area contributed by atoms with Gasteiger partial charge >= 0.3 is 6.03 Å². The van der Waals surface area contributed by atoms with Crippen molar-refractivity contribution in [3.05, 3.63) is 0 Å². The molecule has 3 unspecified atom stereocenters. The summed E-state index contributed by atoms with van der Waals surface area (Å²) in [7, 11) is 0. The molecule has 0 aliphatic carbocycles. The molecule has 122 valence electrons. The zero-order valence-electron chi connectivity index (χ0n) is 13.7. The van der Waals surface area contributed by atoms with Gasteiger partial charge in [0, 0.05) is 25.2 Å². The molecule has 5 heteroatoms. The van der Waals surface area contributed by atoms with Crippen LogP contribution in [-0.2, 0) is 0 Å². The highest BCUT2D eigenvalue weighted by molar-refractivity contribution is 5.74. The maximum atomic E-state index is 12.1. The van der Waals surface area contributed by atoms with E-state index in [1.807, 2.05) is 0 Å². The standard InChI is InChI=1S/C16H31N3O2/c1-12(20)10-16(2,3)11-17-15(21)18-13-7-9-19-8-5-4-6-14(13)19/h12-14,20H,4-11H2,1-3H3,(H2,17,18,21). The number of nitrogens with zero attached hydrogens (tertiary/aromatic N) is 1. The Balaban J connectivity index is 1.74. The largest absolute Gasteiger partial charge is 0.393 e. The third kappa shape index (κ3) is 4.85. The van der Waals surface area contributed by atoms with Gasteiger partial charge in [-0.3, -0.25) is 4.90 Å². The maximum Gasteiger partial charge on any atom is 0.315 e. The lowest BCUT2D eigenvalue weighted by Crippen LogP contribution is -2.50. The molecule has 0 spiro atoms. The number of nitrogens with one attached hydrogen (secondary N) is 2. The van der Waals surface area contributed by atoms with Crippen molar-refractivity contribution in [1.29, 1.82) is 0 Å². The molecule has 0 aromatic rings. The molecule has 2 saturated heterocycles. The molecule has 2 aliphatic heterocycles. The van der Waals surface area contributed by atoms with Crippen molar-refractivity contribution in [1.82, 2.24) is 15.5 Å². The zero-order valence-corrected chi connectivity index (χ0v) is 13.7. The Morgan fingerprint density at radius 3 is 2.81 bits per heavy atom. The van der Waals surface area contributed by atoms with Crippen LogP contribution in [0.3, 0.4) is 0 Å². The highest BCUT2D eigenvalue weighted by Gasteiger charge is 2.36. The van der Waals surface area contributed by atoms with Crippen molar-refractivity contribution in [2.75, 3.05) is 19.6 Å². The number of urea groups is 1. The second kappa shape index (κ2) is 6.97. The SMILES string of the molecule is CC(O)CC(C)(C)CNC(=O)NC1CCN2CCCCC12. The molecule has 2 aliphatic rings. The molecular weight excluding hydrogens is 266 g/mol. The fourth-order valence-electron chi connectivity index (χ4n) is 3.83. The number of rotatable bonds is 5. The molecule has 2 amide bonds. The zero-order chi connectivity index (χ0) is 15.5. The Kier molecular flexibility index (Phi) is 5.49. The van der Waals surface area contributed by atoms with Gasteiger partial charge in [0.15, 0.2) is 0 Å². The summed E-state index contributed by atoms with van der Waals surface area (Å²) in [6.45, 7) is 8.81. The van der Waals surface area contributed by atoms with E-state index in [0.717, 1.165) is 13.0 Å². The van der Waals surface area contributed by atoms with Gasteiger partial charge in [0.1, 0.15) is 0 Å². The van der Waals surface area contributed by atoms with Crippen molar-refractivity contribution in [2.45, 2.75) is 71.1 Å². The van der Waals surface area contributed by atoms with Crippen molar-refractivity contribution < 1.29 is 9.90 Å². The molecule has 2 rings (SSSR count). The highest BCUT2D eigenvalue weighted by Crippen LogP contribution is 2.27. The molecule has 0 aromatic heterocycles. The first-order valence-electron chi connectivity index (χ1n) is 8.34. The summed E-state index contributed by atoms with van der Waals surface area (Å²) in [6, 6.07) is 0.770. The van der Waals surface area contributed by atoms with E-state index in [0.29, 0.717) is 25.0 Å². The minimum absolute atomic E-state index is 0.0638. The lowest BCUT2D eigenvalue weighted by atomic mass is 9.87. The van der Waals surface area contributed by atoms with Crippen LogP contribution in [0.5, 0.6) is 0 Å². The number of amides is 2. The average molecular weight is 297 g/mol. The number of hydrogen-bond donors (Lipinski definition) is 3. The summed E-state index contributed by atoms with van der Waals surface area (Å²) in [5.41, 5.74) is -0.0853. The summed E-state index contributed by atoms with van der Waals surface area (Å²) in [5, 5.41) is 15.6. The molecule has 0 aromatic carbocycles. The number of aliphatic hydroxyl groups excluding tert-OH is 1. The fourth-order valence-corrected chi connectivity index (χ4v) is 3.83. The van der Waals surface area contributed by atoms with E-state index >= 15 is 0 Å². The van der Waals surface area contributed by atoms with Crippen LogP contribution >= 0.6 is 0 Å². The Morgan fingerprint density at radius 2 is 2.10 bits per heavy atom. The van der Waals surface area contributed by atoms with Crippen LogP contribution in [0.1, 0.15) is 52.9 Å². The monoisotopic (exact) mass is 297 g/mol. The minimum atomic E-state index is -0.338. The van der Waals surface area contributed by atoms with E-state index in [1.54, 1.807) is 6.92 Å².